The normalized spacial score (nSPS) is 19.7. The molecule has 0 heterocycles. The lowest BCUT2D eigenvalue weighted by molar-refractivity contribution is -0.314. The number of hydrogen-bond acceptors (Lipinski definition) is 3. The first-order valence-electron chi connectivity index (χ1n) is 9.22. The Morgan fingerprint density at radius 2 is 1.27 bits per heavy atom. The summed E-state index contributed by atoms with van der Waals surface area (Å²) in [5.74, 6) is -2.33. The van der Waals surface area contributed by atoms with Crippen molar-refractivity contribution in [3.63, 3.8) is 0 Å². The molecule has 0 radical (unpaired) electrons. The average Bonchev–Trinajstić information content (AvgIpc) is 2.68. The fourth-order valence-corrected chi connectivity index (χ4v) is 3.76. The third kappa shape index (κ3) is 4.51. The summed E-state index contributed by atoms with van der Waals surface area (Å²) in [6, 6.07) is 19.6. The summed E-state index contributed by atoms with van der Waals surface area (Å²) < 4.78 is 0. The summed E-state index contributed by atoms with van der Waals surface area (Å²) >= 11 is 0. The Balaban J connectivity index is 1.83. The molecule has 0 N–H and O–H groups in total. The molecule has 0 spiro atoms. The minimum absolute atomic E-state index is 0.0772. The molecule has 1 fully saturated rings. The standard InChI is InChI=1S/C22H25NO3/c24-21(19-13-7-8-14-20(19)22(25)26)23(15-17-9-3-1-4-10-17)16-18-11-5-2-6-12-18/h1-6,9-12,19-20H,7-8,13-16H2,(H,25,26)/p-1/t19-,20+/m1/s1. The van der Waals surface area contributed by atoms with Crippen molar-refractivity contribution in [2.45, 2.75) is 38.8 Å². The summed E-state index contributed by atoms with van der Waals surface area (Å²) in [5, 5.41) is 11.5. The van der Waals surface area contributed by atoms with Gasteiger partial charge in [-0.15, -0.1) is 0 Å². The molecule has 1 amide bonds. The van der Waals surface area contributed by atoms with Crippen molar-refractivity contribution >= 4 is 11.9 Å². The van der Waals surface area contributed by atoms with Crippen LogP contribution in [0.2, 0.25) is 0 Å². The maximum atomic E-state index is 13.3. The first-order chi connectivity index (χ1) is 12.6. The van der Waals surface area contributed by atoms with Gasteiger partial charge in [0.2, 0.25) is 5.91 Å². The Labute approximate surface area is 154 Å². The van der Waals surface area contributed by atoms with E-state index in [-0.39, 0.29) is 5.91 Å². The molecule has 1 saturated carbocycles. The minimum atomic E-state index is -1.09. The predicted octanol–water partition coefficient (Wildman–Crippen LogP) is 2.77. The van der Waals surface area contributed by atoms with Gasteiger partial charge in [-0.2, -0.15) is 0 Å². The molecule has 0 unspecified atom stereocenters. The van der Waals surface area contributed by atoms with E-state index in [9.17, 15) is 14.7 Å². The lowest BCUT2D eigenvalue weighted by Crippen LogP contribution is -2.45. The van der Waals surface area contributed by atoms with Crippen molar-refractivity contribution in [1.29, 1.82) is 0 Å². The highest BCUT2D eigenvalue weighted by Crippen LogP contribution is 2.32. The molecule has 2 aromatic rings. The van der Waals surface area contributed by atoms with Gasteiger partial charge >= 0.3 is 0 Å². The monoisotopic (exact) mass is 350 g/mol. The molecule has 0 bridgehead atoms. The van der Waals surface area contributed by atoms with Gasteiger partial charge in [0.15, 0.2) is 0 Å². The Morgan fingerprint density at radius 1 is 0.808 bits per heavy atom. The molecule has 136 valence electrons. The van der Waals surface area contributed by atoms with Crippen molar-refractivity contribution in [1.82, 2.24) is 4.90 Å². The largest absolute Gasteiger partial charge is 0.550 e. The topological polar surface area (TPSA) is 60.4 Å². The van der Waals surface area contributed by atoms with E-state index in [4.69, 9.17) is 0 Å². The number of hydrogen-bond donors (Lipinski definition) is 0. The molecular formula is C22H24NO3-. The van der Waals surface area contributed by atoms with Crippen LogP contribution in [0.1, 0.15) is 36.8 Å². The molecule has 0 aliphatic heterocycles. The third-order valence-corrected chi connectivity index (χ3v) is 5.13. The van der Waals surface area contributed by atoms with Crippen molar-refractivity contribution in [2.75, 3.05) is 0 Å². The predicted molar refractivity (Wildman–Crippen MR) is 97.6 cm³/mol. The van der Waals surface area contributed by atoms with E-state index in [0.717, 1.165) is 24.0 Å². The first kappa shape index (κ1) is 18.2. The van der Waals surface area contributed by atoms with Crippen molar-refractivity contribution in [2.24, 2.45) is 11.8 Å². The molecule has 26 heavy (non-hydrogen) atoms. The summed E-state index contributed by atoms with van der Waals surface area (Å²) in [4.78, 5) is 26.6. The number of nitrogens with zero attached hydrogens (tertiary/aromatic N) is 1. The number of rotatable bonds is 6. The molecule has 0 aromatic heterocycles. The molecule has 2 aromatic carbocycles. The van der Waals surface area contributed by atoms with Gasteiger partial charge < -0.3 is 14.8 Å². The first-order valence-corrected chi connectivity index (χ1v) is 9.22. The Hall–Kier alpha value is -2.62. The molecule has 2 atom stereocenters. The van der Waals surface area contributed by atoms with Crippen LogP contribution < -0.4 is 5.11 Å². The fourth-order valence-electron chi connectivity index (χ4n) is 3.76. The number of benzene rings is 2. The molecule has 4 nitrogen and oxygen atoms in total. The molecule has 4 heteroatoms. The van der Waals surface area contributed by atoms with Crippen LogP contribution in [0.25, 0.3) is 0 Å². The number of amides is 1. The van der Waals surface area contributed by atoms with E-state index in [1.165, 1.54) is 0 Å². The van der Waals surface area contributed by atoms with Gasteiger partial charge in [0.05, 0.1) is 0 Å². The average molecular weight is 350 g/mol. The molecule has 3 rings (SSSR count). The quantitative estimate of drug-likeness (QED) is 0.805. The highest BCUT2D eigenvalue weighted by atomic mass is 16.4. The zero-order chi connectivity index (χ0) is 18.4. The van der Waals surface area contributed by atoms with Crippen LogP contribution >= 0.6 is 0 Å². The van der Waals surface area contributed by atoms with Crippen molar-refractivity contribution in [3.8, 4) is 0 Å². The molecule has 1 aliphatic rings. The third-order valence-electron chi connectivity index (χ3n) is 5.13. The van der Waals surface area contributed by atoms with Gasteiger partial charge in [-0.25, -0.2) is 0 Å². The number of carboxylic acid groups (broad SMARTS) is 1. The van der Waals surface area contributed by atoms with E-state index in [1.807, 2.05) is 60.7 Å². The number of carboxylic acids is 1. The fraction of sp³-hybridized carbons (Fsp3) is 0.364. The zero-order valence-electron chi connectivity index (χ0n) is 14.8. The van der Waals surface area contributed by atoms with E-state index in [1.54, 1.807) is 4.90 Å². The maximum Gasteiger partial charge on any atom is 0.226 e. The summed E-state index contributed by atoms with van der Waals surface area (Å²) in [5.41, 5.74) is 2.08. The number of aliphatic carboxylic acids is 1. The van der Waals surface area contributed by atoms with Crippen LogP contribution in [0.3, 0.4) is 0 Å². The van der Waals surface area contributed by atoms with E-state index in [2.05, 4.69) is 0 Å². The lowest BCUT2D eigenvalue weighted by Gasteiger charge is -2.35. The highest BCUT2D eigenvalue weighted by molar-refractivity contribution is 5.84. The maximum absolute atomic E-state index is 13.3. The molecule has 1 aliphatic carbocycles. The van der Waals surface area contributed by atoms with Crippen LogP contribution in [0.4, 0.5) is 0 Å². The van der Waals surface area contributed by atoms with Crippen LogP contribution in [0, 0.1) is 11.8 Å². The van der Waals surface area contributed by atoms with Gasteiger partial charge in [0.1, 0.15) is 0 Å². The van der Waals surface area contributed by atoms with Crippen LogP contribution in [-0.2, 0) is 22.7 Å². The summed E-state index contributed by atoms with van der Waals surface area (Å²) in [6.07, 6.45) is 2.89. The van der Waals surface area contributed by atoms with Gasteiger partial charge in [-0.05, 0) is 24.0 Å². The Kier molecular flexibility index (Phi) is 6.05. The van der Waals surface area contributed by atoms with Gasteiger partial charge in [-0.1, -0.05) is 73.5 Å². The van der Waals surface area contributed by atoms with Crippen molar-refractivity contribution < 1.29 is 14.7 Å². The second kappa shape index (κ2) is 8.65. The van der Waals surface area contributed by atoms with E-state index >= 15 is 0 Å². The second-order valence-corrected chi connectivity index (χ2v) is 6.98. The van der Waals surface area contributed by atoms with Gasteiger partial charge in [-0.3, -0.25) is 4.79 Å². The minimum Gasteiger partial charge on any atom is -0.550 e. The lowest BCUT2D eigenvalue weighted by atomic mass is 9.78. The SMILES string of the molecule is O=C([O-])[C@H]1CCCC[C@H]1C(=O)N(Cc1ccccc1)Cc1ccccc1. The number of carbonyl (C=O) groups excluding carboxylic acids is 2. The Morgan fingerprint density at radius 3 is 1.73 bits per heavy atom. The molecular weight excluding hydrogens is 326 g/mol. The number of carbonyl (C=O) groups is 2. The van der Waals surface area contributed by atoms with Crippen LogP contribution in [0.15, 0.2) is 60.7 Å². The zero-order valence-corrected chi connectivity index (χ0v) is 14.8. The van der Waals surface area contributed by atoms with Crippen LogP contribution in [-0.4, -0.2) is 16.8 Å². The smallest absolute Gasteiger partial charge is 0.226 e. The van der Waals surface area contributed by atoms with Crippen LogP contribution in [0.5, 0.6) is 0 Å². The summed E-state index contributed by atoms with van der Waals surface area (Å²) in [6.45, 7) is 0.954. The molecule has 0 saturated heterocycles. The van der Waals surface area contributed by atoms with E-state index in [0.29, 0.717) is 25.9 Å². The highest BCUT2D eigenvalue weighted by Gasteiger charge is 2.34. The second-order valence-electron chi connectivity index (χ2n) is 6.98. The van der Waals surface area contributed by atoms with Gasteiger partial charge in [0.25, 0.3) is 0 Å². The van der Waals surface area contributed by atoms with E-state index < -0.39 is 17.8 Å². The summed E-state index contributed by atoms with van der Waals surface area (Å²) in [7, 11) is 0. The Bertz CT molecular complexity index is 688. The van der Waals surface area contributed by atoms with Gasteiger partial charge in [0, 0.05) is 30.9 Å². The van der Waals surface area contributed by atoms with Crippen molar-refractivity contribution in [3.05, 3.63) is 71.8 Å².